The number of ether oxygens (including phenoxy) is 1. The van der Waals surface area contributed by atoms with Gasteiger partial charge < -0.3 is 19.7 Å². The van der Waals surface area contributed by atoms with E-state index in [1.54, 1.807) is 17.2 Å². The Morgan fingerprint density at radius 2 is 1.82 bits per heavy atom. The van der Waals surface area contributed by atoms with E-state index >= 15 is 0 Å². The van der Waals surface area contributed by atoms with E-state index in [0.29, 0.717) is 44.2 Å². The highest BCUT2D eigenvalue weighted by Crippen LogP contribution is 2.21. The molecule has 0 bridgehead atoms. The number of H-pyrrole nitrogens is 1. The predicted octanol–water partition coefficient (Wildman–Crippen LogP) is 2.88. The number of pyridine rings is 1. The SMILES string of the molecule is O=C(c1ccc2nc(-c3ccccn3)[nH]c2c1)N1CCN(C(O)OCc2ccccc2)CC1. The van der Waals surface area contributed by atoms with Gasteiger partial charge in [-0.15, -0.1) is 0 Å². The number of rotatable bonds is 6. The molecule has 4 aromatic rings. The van der Waals surface area contributed by atoms with Crippen molar-refractivity contribution in [2.45, 2.75) is 13.0 Å². The Hall–Kier alpha value is -3.59. The smallest absolute Gasteiger partial charge is 0.254 e. The molecule has 2 N–H and O–H groups in total. The number of aromatic amines is 1. The normalized spacial score (nSPS) is 15.6. The number of piperazine rings is 1. The Balaban J connectivity index is 1.20. The number of carbonyl (C=O) groups excluding carboxylic acids is 1. The van der Waals surface area contributed by atoms with Crippen molar-refractivity contribution < 1.29 is 14.6 Å². The summed E-state index contributed by atoms with van der Waals surface area (Å²) in [6.45, 7) is 2.46. The third-order valence-corrected chi connectivity index (χ3v) is 5.79. The van der Waals surface area contributed by atoms with Gasteiger partial charge in [0.25, 0.3) is 5.91 Å². The highest BCUT2D eigenvalue weighted by molar-refractivity contribution is 5.97. The van der Waals surface area contributed by atoms with Gasteiger partial charge in [0.1, 0.15) is 5.69 Å². The van der Waals surface area contributed by atoms with E-state index in [-0.39, 0.29) is 5.91 Å². The van der Waals surface area contributed by atoms with Crippen molar-refractivity contribution in [1.29, 1.82) is 0 Å². The quantitative estimate of drug-likeness (QED) is 0.445. The van der Waals surface area contributed by atoms with Crippen LogP contribution in [-0.4, -0.2) is 68.4 Å². The third kappa shape index (κ3) is 4.78. The molecule has 2 aromatic heterocycles. The number of hydrogen-bond acceptors (Lipinski definition) is 6. The zero-order chi connectivity index (χ0) is 22.6. The first-order chi connectivity index (χ1) is 16.2. The maximum atomic E-state index is 13.1. The van der Waals surface area contributed by atoms with Gasteiger partial charge in [-0.25, -0.2) is 4.98 Å². The number of fused-ring (bicyclic) bond motifs is 1. The summed E-state index contributed by atoms with van der Waals surface area (Å²) in [5, 5.41) is 10.4. The third-order valence-electron chi connectivity index (χ3n) is 5.79. The lowest BCUT2D eigenvalue weighted by Crippen LogP contribution is -2.52. The minimum Gasteiger partial charge on any atom is -0.356 e. The van der Waals surface area contributed by atoms with E-state index in [4.69, 9.17) is 4.74 Å². The van der Waals surface area contributed by atoms with Crippen LogP contribution in [-0.2, 0) is 11.3 Å². The Kier molecular flexibility index (Phi) is 6.12. The number of carbonyl (C=O) groups is 1. The number of aliphatic hydroxyl groups is 1. The molecule has 3 heterocycles. The number of hydrogen-bond donors (Lipinski definition) is 2. The molecule has 8 nitrogen and oxygen atoms in total. The van der Waals surface area contributed by atoms with E-state index in [1.165, 1.54) is 0 Å². The van der Waals surface area contributed by atoms with E-state index in [1.807, 2.05) is 65.6 Å². The van der Waals surface area contributed by atoms with Crippen molar-refractivity contribution in [2.75, 3.05) is 26.2 Å². The minimum absolute atomic E-state index is 0.0368. The lowest BCUT2D eigenvalue weighted by Gasteiger charge is -2.36. The lowest BCUT2D eigenvalue weighted by atomic mass is 10.1. The summed E-state index contributed by atoms with van der Waals surface area (Å²) in [4.78, 5) is 28.9. The molecular formula is C25H25N5O3. The van der Waals surface area contributed by atoms with Gasteiger partial charge in [-0.05, 0) is 35.9 Å². The Morgan fingerprint density at radius 1 is 1.03 bits per heavy atom. The summed E-state index contributed by atoms with van der Waals surface area (Å²) in [6, 6.07) is 20.9. The second kappa shape index (κ2) is 9.50. The standard InChI is InChI=1S/C25H25N5O3/c31-24(19-9-10-20-22(16-19)28-23(27-20)21-8-4-5-11-26-21)29-12-14-30(15-13-29)25(32)33-17-18-6-2-1-3-7-18/h1-11,16,25,32H,12-15,17H2,(H,27,28). The highest BCUT2D eigenvalue weighted by Gasteiger charge is 2.26. The number of aromatic nitrogens is 3. The molecule has 168 valence electrons. The van der Waals surface area contributed by atoms with E-state index in [2.05, 4.69) is 15.0 Å². The van der Waals surface area contributed by atoms with Crippen LogP contribution in [0.3, 0.4) is 0 Å². The van der Waals surface area contributed by atoms with Gasteiger partial charge in [0.2, 0.25) is 6.41 Å². The van der Waals surface area contributed by atoms with Crippen molar-refractivity contribution in [3.05, 3.63) is 84.1 Å². The fraction of sp³-hybridized carbons (Fsp3) is 0.240. The zero-order valence-electron chi connectivity index (χ0n) is 18.1. The molecule has 1 aliphatic rings. The van der Waals surface area contributed by atoms with Gasteiger partial charge in [-0.3, -0.25) is 14.7 Å². The van der Waals surface area contributed by atoms with Gasteiger partial charge in [0, 0.05) is 37.9 Å². The van der Waals surface area contributed by atoms with Crippen LogP contribution < -0.4 is 0 Å². The molecule has 0 radical (unpaired) electrons. The van der Waals surface area contributed by atoms with Gasteiger partial charge in [-0.1, -0.05) is 36.4 Å². The summed E-state index contributed by atoms with van der Waals surface area (Å²) in [5.74, 6) is 0.638. The van der Waals surface area contributed by atoms with Crippen LogP contribution in [0.25, 0.3) is 22.6 Å². The van der Waals surface area contributed by atoms with Crippen molar-refractivity contribution in [2.24, 2.45) is 0 Å². The molecule has 1 saturated heterocycles. The van der Waals surface area contributed by atoms with Crippen LogP contribution in [0.15, 0.2) is 72.9 Å². The van der Waals surface area contributed by atoms with Crippen LogP contribution in [0.4, 0.5) is 0 Å². The molecule has 5 rings (SSSR count). The van der Waals surface area contributed by atoms with Crippen LogP contribution in [0.2, 0.25) is 0 Å². The number of nitrogens with zero attached hydrogens (tertiary/aromatic N) is 4. The fourth-order valence-corrected chi connectivity index (χ4v) is 3.95. The van der Waals surface area contributed by atoms with Gasteiger partial charge in [0.05, 0.1) is 17.6 Å². The van der Waals surface area contributed by atoms with Crippen LogP contribution in [0.5, 0.6) is 0 Å². The van der Waals surface area contributed by atoms with Crippen molar-refractivity contribution in [3.63, 3.8) is 0 Å². The first-order valence-electron chi connectivity index (χ1n) is 11.0. The maximum absolute atomic E-state index is 13.1. The number of aliphatic hydroxyl groups excluding tert-OH is 1. The van der Waals surface area contributed by atoms with Crippen molar-refractivity contribution in [3.8, 4) is 11.5 Å². The van der Waals surface area contributed by atoms with Gasteiger partial charge in [-0.2, -0.15) is 0 Å². The average Bonchev–Trinajstić information content (AvgIpc) is 3.32. The zero-order valence-corrected chi connectivity index (χ0v) is 18.1. The van der Waals surface area contributed by atoms with Gasteiger partial charge >= 0.3 is 0 Å². The van der Waals surface area contributed by atoms with Crippen molar-refractivity contribution >= 4 is 16.9 Å². The lowest BCUT2D eigenvalue weighted by molar-refractivity contribution is -0.205. The minimum atomic E-state index is -0.992. The predicted molar refractivity (Wildman–Crippen MR) is 124 cm³/mol. The monoisotopic (exact) mass is 443 g/mol. The van der Waals surface area contributed by atoms with Crippen molar-refractivity contribution in [1.82, 2.24) is 24.8 Å². The summed E-state index contributed by atoms with van der Waals surface area (Å²) in [7, 11) is 0. The van der Waals surface area contributed by atoms with E-state index in [0.717, 1.165) is 22.3 Å². The number of imidazole rings is 1. The molecule has 33 heavy (non-hydrogen) atoms. The highest BCUT2D eigenvalue weighted by atomic mass is 16.6. The number of benzene rings is 2. The molecule has 8 heteroatoms. The topological polar surface area (TPSA) is 94.6 Å². The number of amides is 1. The Labute approximate surface area is 191 Å². The average molecular weight is 444 g/mol. The molecular weight excluding hydrogens is 418 g/mol. The molecule has 1 atom stereocenters. The maximum Gasteiger partial charge on any atom is 0.254 e. The Bertz CT molecular complexity index is 1220. The first kappa shape index (κ1) is 21.3. The number of nitrogens with one attached hydrogen (secondary N) is 1. The van der Waals surface area contributed by atoms with Crippen LogP contribution >= 0.6 is 0 Å². The first-order valence-corrected chi connectivity index (χ1v) is 11.0. The molecule has 2 aromatic carbocycles. The molecule has 0 spiro atoms. The molecule has 1 fully saturated rings. The second-order valence-electron chi connectivity index (χ2n) is 7.98. The largest absolute Gasteiger partial charge is 0.356 e. The van der Waals surface area contributed by atoms with Crippen LogP contribution in [0.1, 0.15) is 15.9 Å². The fourth-order valence-electron chi connectivity index (χ4n) is 3.95. The second-order valence-corrected chi connectivity index (χ2v) is 7.98. The molecule has 1 unspecified atom stereocenters. The van der Waals surface area contributed by atoms with E-state index in [9.17, 15) is 9.90 Å². The van der Waals surface area contributed by atoms with Gasteiger partial charge in [0.15, 0.2) is 5.82 Å². The summed E-state index contributed by atoms with van der Waals surface area (Å²) < 4.78 is 5.60. The summed E-state index contributed by atoms with van der Waals surface area (Å²) in [5.41, 5.74) is 3.95. The summed E-state index contributed by atoms with van der Waals surface area (Å²) in [6.07, 6.45) is 0.731. The van der Waals surface area contributed by atoms with E-state index < -0.39 is 6.41 Å². The molecule has 0 aliphatic carbocycles. The summed E-state index contributed by atoms with van der Waals surface area (Å²) >= 11 is 0. The van der Waals surface area contributed by atoms with Crippen LogP contribution in [0, 0.1) is 0 Å². The molecule has 0 saturated carbocycles. The Morgan fingerprint density at radius 3 is 2.58 bits per heavy atom. The molecule has 1 aliphatic heterocycles. The molecule has 1 amide bonds.